The lowest BCUT2D eigenvalue weighted by Crippen LogP contribution is -2.31. The van der Waals surface area contributed by atoms with Crippen LogP contribution in [0.2, 0.25) is 0 Å². The van der Waals surface area contributed by atoms with Gasteiger partial charge in [-0.1, -0.05) is 15.9 Å². The molecule has 0 unspecified atom stereocenters. The molecule has 25 heavy (non-hydrogen) atoms. The molecule has 8 heteroatoms. The van der Waals surface area contributed by atoms with Gasteiger partial charge in [0.1, 0.15) is 16.5 Å². The molecule has 3 rings (SSSR count). The van der Waals surface area contributed by atoms with E-state index in [2.05, 4.69) is 25.6 Å². The minimum atomic E-state index is -3.91. The largest absolute Gasteiger partial charge is 0.371 e. The quantitative estimate of drug-likeness (QED) is 0.788. The molecule has 0 spiro atoms. The highest BCUT2D eigenvalue weighted by molar-refractivity contribution is 9.10. The molecule has 0 aliphatic carbocycles. The van der Waals surface area contributed by atoms with Crippen LogP contribution in [0.25, 0.3) is 0 Å². The molecule has 2 aromatic carbocycles. The first-order chi connectivity index (χ1) is 11.8. The van der Waals surface area contributed by atoms with Crippen molar-refractivity contribution in [1.82, 2.24) is 4.72 Å². The highest BCUT2D eigenvalue weighted by Gasteiger charge is 2.26. The molecule has 0 aromatic heterocycles. The Bertz CT molecular complexity index is 859. The molecule has 1 aliphatic rings. The molecule has 0 bridgehead atoms. The maximum absolute atomic E-state index is 13.8. The number of nitrogens with one attached hydrogen (secondary N) is 1. The van der Waals surface area contributed by atoms with Crippen molar-refractivity contribution in [2.24, 2.45) is 5.92 Å². The predicted octanol–water partition coefficient (Wildman–Crippen LogP) is 3.53. The van der Waals surface area contributed by atoms with Crippen LogP contribution in [-0.2, 0) is 10.0 Å². The van der Waals surface area contributed by atoms with Crippen molar-refractivity contribution in [3.8, 4) is 0 Å². The van der Waals surface area contributed by atoms with E-state index >= 15 is 0 Å². The molecule has 1 atom stereocenters. The maximum Gasteiger partial charge on any atom is 0.243 e. The molecule has 0 radical (unpaired) electrons. The number of rotatable bonds is 5. The van der Waals surface area contributed by atoms with Crippen LogP contribution in [0, 0.1) is 17.6 Å². The molecule has 1 fully saturated rings. The minimum Gasteiger partial charge on any atom is -0.371 e. The second-order valence-electron chi connectivity index (χ2n) is 6.00. The zero-order chi connectivity index (χ0) is 18.0. The van der Waals surface area contributed by atoms with E-state index in [4.69, 9.17) is 0 Å². The molecule has 4 nitrogen and oxygen atoms in total. The Labute approximate surface area is 154 Å². The predicted molar refractivity (Wildman–Crippen MR) is 96.0 cm³/mol. The van der Waals surface area contributed by atoms with Crippen LogP contribution >= 0.6 is 15.9 Å². The molecule has 1 heterocycles. The van der Waals surface area contributed by atoms with E-state index < -0.39 is 15.8 Å². The van der Waals surface area contributed by atoms with Crippen molar-refractivity contribution in [2.75, 3.05) is 24.5 Å². The summed E-state index contributed by atoms with van der Waals surface area (Å²) in [6.07, 6.45) is 0.806. The average molecular weight is 431 g/mol. The van der Waals surface area contributed by atoms with E-state index in [0.717, 1.165) is 24.7 Å². The van der Waals surface area contributed by atoms with Gasteiger partial charge in [-0.15, -0.1) is 0 Å². The fourth-order valence-corrected chi connectivity index (χ4v) is 4.60. The number of hydrogen-bond acceptors (Lipinski definition) is 3. The first kappa shape index (κ1) is 18.3. The zero-order valence-electron chi connectivity index (χ0n) is 13.3. The van der Waals surface area contributed by atoms with E-state index in [1.807, 2.05) is 0 Å². The fourth-order valence-electron chi connectivity index (χ4n) is 2.87. The monoisotopic (exact) mass is 430 g/mol. The van der Waals surface area contributed by atoms with E-state index in [9.17, 15) is 17.2 Å². The molecular weight excluding hydrogens is 414 g/mol. The van der Waals surface area contributed by atoms with Gasteiger partial charge in [-0.3, -0.25) is 0 Å². The van der Waals surface area contributed by atoms with Crippen molar-refractivity contribution in [2.45, 2.75) is 11.3 Å². The number of benzene rings is 2. The highest BCUT2D eigenvalue weighted by atomic mass is 79.9. The van der Waals surface area contributed by atoms with Gasteiger partial charge in [-0.25, -0.2) is 21.9 Å². The summed E-state index contributed by atoms with van der Waals surface area (Å²) in [6, 6.07) is 10.0. The summed E-state index contributed by atoms with van der Waals surface area (Å²) >= 11 is 3.15. The van der Waals surface area contributed by atoms with Crippen molar-refractivity contribution in [3.05, 3.63) is 58.6 Å². The van der Waals surface area contributed by atoms with E-state index in [-0.39, 0.29) is 23.2 Å². The maximum atomic E-state index is 13.8. The van der Waals surface area contributed by atoms with E-state index in [1.165, 1.54) is 24.3 Å². The average Bonchev–Trinajstić information content (AvgIpc) is 3.05. The molecule has 134 valence electrons. The molecule has 2 aromatic rings. The highest BCUT2D eigenvalue weighted by Crippen LogP contribution is 2.25. The van der Waals surface area contributed by atoms with E-state index in [0.29, 0.717) is 11.0 Å². The number of hydrogen-bond donors (Lipinski definition) is 1. The molecule has 0 saturated carbocycles. The summed E-state index contributed by atoms with van der Waals surface area (Å²) in [7, 11) is -3.91. The molecule has 1 N–H and O–H groups in total. The third kappa shape index (κ3) is 4.37. The lowest BCUT2D eigenvalue weighted by atomic mass is 10.1. The van der Waals surface area contributed by atoms with Crippen LogP contribution in [0.15, 0.2) is 51.8 Å². The second-order valence-corrected chi connectivity index (χ2v) is 8.65. The zero-order valence-corrected chi connectivity index (χ0v) is 15.7. The Hall–Kier alpha value is -1.51. The Morgan fingerprint density at radius 2 is 1.88 bits per heavy atom. The van der Waals surface area contributed by atoms with Crippen LogP contribution in [-0.4, -0.2) is 28.1 Å². The standard InChI is InChI=1S/C17H17BrF2N2O2S/c18-13-1-6-16(20)17(9-13)25(23,24)21-10-12-7-8-22(11-12)15-4-2-14(19)3-5-15/h1-6,9,12,21H,7-8,10-11H2/t12-/m0/s1. The summed E-state index contributed by atoms with van der Waals surface area (Å²) in [5.41, 5.74) is 0.907. The van der Waals surface area contributed by atoms with Crippen molar-refractivity contribution in [1.29, 1.82) is 0 Å². The van der Waals surface area contributed by atoms with Crippen LogP contribution in [0.1, 0.15) is 6.42 Å². The van der Waals surface area contributed by atoms with Crippen molar-refractivity contribution in [3.63, 3.8) is 0 Å². The lowest BCUT2D eigenvalue weighted by Gasteiger charge is -2.19. The van der Waals surface area contributed by atoms with Crippen LogP contribution in [0.4, 0.5) is 14.5 Å². The Balaban J connectivity index is 1.62. The van der Waals surface area contributed by atoms with Crippen molar-refractivity contribution >= 4 is 31.6 Å². The number of halogens is 3. The molecule has 1 aliphatic heterocycles. The van der Waals surface area contributed by atoms with E-state index in [1.54, 1.807) is 12.1 Å². The summed E-state index contributed by atoms with van der Waals surface area (Å²) < 4.78 is 54.4. The molecular formula is C17H17BrF2N2O2S. The molecule has 0 amide bonds. The van der Waals surface area contributed by atoms with Gasteiger partial charge in [0.25, 0.3) is 0 Å². The third-order valence-electron chi connectivity index (χ3n) is 4.22. The Kier molecular flexibility index (Phi) is 5.41. The SMILES string of the molecule is O=S(=O)(NC[C@@H]1CCN(c2ccc(F)cc2)C1)c1cc(Br)ccc1F. The Morgan fingerprint density at radius 3 is 2.60 bits per heavy atom. The van der Waals surface area contributed by atoms with Gasteiger partial charge in [0.05, 0.1) is 0 Å². The topological polar surface area (TPSA) is 49.4 Å². The van der Waals surface area contributed by atoms with Crippen molar-refractivity contribution < 1.29 is 17.2 Å². The van der Waals surface area contributed by atoms with Gasteiger partial charge in [0.15, 0.2) is 0 Å². The second kappa shape index (κ2) is 7.39. The normalized spacial score (nSPS) is 17.9. The van der Waals surface area contributed by atoms with Gasteiger partial charge < -0.3 is 4.90 Å². The number of nitrogens with zero attached hydrogens (tertiary/aromatic N) is 1. The summed E-state index contributed by atoms with van der Waals surface area (Å²) in [6.45, 7) is 1.66. The Morgan fingerprint density at radius 1 is 1.16 bits per heavy atom. The van der Waals surface area contributed by atoms with Gasteiger partial charge in [-0.2, -0.15) is 0 Å². The lowest BCUT2D eigenvalue weighted by molar-refractivity contribution is 0.531. The van der Waals surface area contributed by atoms with Crippen LogP contribution < -0.4 is 9.62 Å². The van der Waals surface area contributed by atoms with Gasteiger partial charge >= 0.3 is 0 Å². The van der Waals surface area contributed by atoms with Gasteiger partial charge in [0, 0.05) is 29.8 Å². The van der Waals surface area contributed by atoms with Gasteiger partial charge in [-0.05, 0) is 54.8 Å². The first-order valence-electron chi connectivity index (χ1n) is 7.80. The number of anilines is 1. The first-order valence-corrected chi connectivity index (χ1v) is 10.1. The third-order valence-corrected chi connectivity index (χ3v) is 6.15. The fraction of sp³-hybridized carbons (Fsp3) is 0.294. The smallest absolute Gasteiger partial charge is 0.243 e. The van der Waals surface area contributed by atoms with Crippen LogP contribution in [0.3, 0.4) is 0 Å². The van der Waals surface area contributed by atoms with Gasteiger partial charge in [0.2, 0.25) is 10.0 Å². The summed E-state index contributed by atoms with van der Waals surface area (Å²) in [5.74, 6) is -0.964. The number of sulfonamides is 1. The minimum absolute atomic E-state index is 0.107. The summed E-state index contributed by atoms with van der Waals surface area (Å²) in [4.78, 5) is 1.72. The molecule has 1 saturated heterocycles. The van der Waals surface area contributed by atoms with Crippen LogP contribution in [0.5, 0.6) is 0 Å². The summed E-state index contributed by atoms with van der Waals surface area (Å²) in [5, 5.41) is 0.